The molecule has 1 spiro atoms. The Labute approximate surface area is 79.9 Å². The maximum Gasteiger partial charge on any atom is 0.133 e. The molecule has 1 nitrogen and oxygen atoms in total. The highest BCUT2D eigenvalue weighted by Crippen LogP contribution is 2.74. The first-order valence-corrected chi connectivity index (χ1v) is 5.68. The second-order valence-electron chi connectivity index (χ2n) is 5.73. The molecule has 0 N–H and O–H groups in total. The minimum atomic E-state index is 0.501. The van der Waals surface area contributed by atoms with E-state index < -0.39 is 0 Å². The number of ketones is 1. The summed E-state index contributed by atoms with van der Waals surface area (Å²) in [5, 5.41) is 0. The van der Waals surface area contributed by atoms with Crippen LogP contribution in [-0.2, 0) is 4.79 Å². The molecule has 0 aliphatic heterocycles. The van der Waals surface area contributed by atoms with Gasteiger partial charge in [0.15, 0.2) is 0 Å². The minimum absolute atomic E-state index is 0.501. The Hall–Kier alpha value is -0.330. The molecule has 3 unspecified atom stereocenters. The van der Waals surface area contributed by atoms with E-state index in [2.05, 4.69) is 6.92 Å². The molecule has 3 aliphatic carbocycles. The van der Waals surface area contributed by atoms with Gasteiger partial charge in [0.05, 0.1) is 0 Å². The van der Waals surface area contributed by atoms with Crippen molar-refractivity contribution in [1.29, 1.82) is 0 Å². The van der Waals surface area contributed by atoms with Gasteiger partial charge in [-0.2, -0.15) is 0 Å². The van der Waals surface area contributed by atoms with Crippen molar-refractivity contribution in [3.63, 3.8) is 0 Å². The molecular formula is C12H18O. The van der Waals surface area contributed by atoms with Crippen LogP contribution in [0.2, 0.25) is 0 Å². The molecule has 72 valence electrons. The fourth-order valence-corrected chi connectivity index (χ4v) is 4.15. The van der Waals surface area contributed by atoms with Crippen molar-refractivity contribution >= 4 is 5.78 Å². The summed E-state index contributed by atoms with van der Waals surface area (Å²) < 4.78 is 0. The third kappa shape index (κ3) is 0.858. The van der Waals surface area contributed by atoms with E-state index in [1.807, 2.05) is 0 Å². The maximum absolute atomic E-state index is 11.5. The highest BCUT2D eigenvalue weighted by molar-refractivity contribution is 5.81. The standard InChI is InChI=1S/C12H18O/c1-11-5-2-3-9-7-12(9,11)8-10(13)4-6-11/h9H,2-8H2,1H3. The van der Waals surface area contributed by atoms with Crippen LogP contribution >= 0.6 is 0 Å². The predicted molar refractivity (Wildman–Crippen MR) is 51.4 cm³/mol. The van der Waals surface area contributed by atoms with Gasteiger partial charge in [-0.1, -0.05) is 13.3 Å². The fourth-order valence-electron chi connectivity index (χ4n) is 4.15. The SMILES string of the molecule is CC12CCCC3CC31CC(=O)CC2. The second kappa shape index (κ2) is 2.18. The Balaban J connectivity index is 1.95. The molecule has 0 aromatic heterocycles. The van der Waals surface area contributed by atoms with E-state index in [1.54, 1.807) is 0 Å². The second-order valence-corrected chi connectivity index (χ2v) is 5.73. The van der Waals surface area contributed by atoms with Crippen LogP contribution in [0.1, 0.15) is 51.9 Å². The van der Waals surface area contributed by atoms with Crippen LogP contribution in [0.5, 0.6) is 0 Å². The van der Waals surface area contributed by atoms with Crippen LogP contribution in [0.3, 0.4) is 0 Å². The molecule has 13 heavy (non-hydrogen) atoms. The zero-order valence-corrected chi connectivity index (χ0v) is 8.44. The molecule has 0 radical (unpaired) electrons. The van der Waals surface area contributed by atoms with Crippen molar-refractivity contribution in [2.75, 3.05) is 0 Å². The van der Waals surface area contributed by atoms with E-state index in [4.69, 9.17) is 0 Å². The lowest BCUT2D eigenvalue weighted by Crippen LogP contribution is -2.39. The van der Waals surface area contributed by atoms with Crippen LogP contribution < -0.4 is 0 Å². The molecule has 0 amide bonds. The Kier molecular flexibility index (Phi) is 1.35. The van der Waals surface area contributed by atoms with Crippen LogP contribution in [-0.4, -0.2) is 5.78 Å². The van der Waals surface area contributed by atoms with E-state index in [9.17, 15) is 4.79 Å². The Morgan fingerprint density at radius 2 is 2.23 bits per heavy atom. The monoisotopic (exact) mass is 178 g/mol. The van der Waals surface area contributed by atoms with Gasteiger partial charge in [0, 0.05) is 12.8 Å². The Morgan fingerprint density at radius 3 is 3.08 bits per heavy atom. The minimum Gasteiger partial charge on any atom is -0.300 e. The predicted octanol–water partition coefficient (Wildman–Crippen LogP) is 2.94. The van der Waals surface area contributed by atoms with Gasteiger partial charge in [-0.05, 0) is 42.4 Å². The smallest absolute Gasteiger partial charge is 0.133 e. The van der Waals surface area contributed by atoms with E-state index in [0.717, 1.165) is 18.8 Å². The molecule has 0 heterocycles. The molecule has 1 heteroatoms. The van der Waals surface area contributed by atoms with E-state index in [-0.39, 0.29) is 0 Å². The summed E-state index contributed by atoms with van der Waals surface area (Å²) in [6.45, 7) is 2.44. The van der Waals surface area contributed by atoms with Crippen LogP contribution in [0.4, 0.5) is 0 Å². The number of carbonyl (C=O) groups excluding carboxylic acids is 1. The molecule has 3 aliphatic rings. The van der Waals surface area contributed by atoms with Gasteiger partial charge < -0.3 is 0 Å². The molecule has 0 aromatic rings. The number of carbonyl (C=O) groups is 1. The third-order valence-corrected chi connectivity index (χ3v) is 5.18. The quantitative estimate of drug-likeness (QED) is 0.557. The van der Waals surface area contributed by atoms with Crippen molar-refractivity contribution in [3.05, 3.63) is 0 Å². The van der Waals surface area contributed by atoms with Crippen molar-refractivity contribution in [2.24, 2.45) is 16.7 Å². The number of rotatable bonds is 0. The van der Waals surface area contributed by atoms with E-state index in [1.165, 1.54) is 32.1 Å². The van der Waals surface area contributed by atoms with Gasteiger partial charge in [0.2, 0.25) is 0 Å². The molecule has 0 bridgehead atoms. The first-order valence-electron chi connectivity index (χ1n) is 5.68. The summed E-state index contributed by atoms with van der Waals surface area (Å²) in [6, 6.07) is 0. The third-order valence-electron chi connectivity index (χ3n) is 5.18. The summed E-state index contributed by atoms with van der Waals surface area (Å²) in [5.74, 6) is 1.47. The van der Waals surface area contributed by atoms with Crippen molar-refractivity contribution in [1.82, 2.24) is 0 Å². The molecular weight excluding hydrogens is 160 g/mol. The van der Waals surface area contributed by atoms with E-state index in [0.29, 0.717) is 16.6 Å². The summed E-state index contributed by atoms with van der Waals surface area (Å²) in [6.07, 6.45) is 8.55. The van der Waals surface area contributed by atoms with Gasteiger partial charge in [-0.3, -0.25) is 4.79 Å². The zero-order valence-electron chi connectivity index (χ0n) is 8.44. The van der Waals surface area contributed by atoms with Gasteiger partial charge in [0.25, 0.3) is 0 Å². The summed E-state index contributed by atoms with van der Waals surface area (Å²) in [7, 11) is 0. The first kappa shape index (κ1) is 8.02. The van der Waals surface area contributed by atoms with Crippen molar-refractivity contribution in [3.8, 4) is 0 Å². The molecule has 3 saturated carbocycles. The fraction of sp³-hybridized carbons (Fsp3) is 0.917. The largest absolute Gasteiger partial charge is 0.300 e. The molecule has 0 aromatic carbocycles. The van der Waals surface area contributed by atoms with Gasteiger partial charge in [0.1, 0.15) is 5.78 Å². The maximum atomic E-state index is 11.5. The average molecular weight is 178 g/mol. The van der Waals surface area contributed by atoms with Gasteiger partial charge >= 0.3 is 0 Å². The van der Waals surface area contributed by atoms with E-state index >= 15 is 0 Å². The van der Waals surface area contributed by atoms with Gasteiger partial charge in [-0.25, -0.2) is 0 Å². The number of hydrogen-bond donors (Lipinski definition) is 0. The molecule has 0 saturated heterocycles. The normalized spacial score (nSPS) is 53.9. The van der Waals surface area contributed by atoms with Crippen molar-refractivity contribution < 1.29 is 4.79 Å². The highest BCUT2D eigenvalue weighted by atomic mass is 16.1. The van der Waals surface area contributed by atoms with Crippen LogP contribution in [0, 0.1) is 16.7 Å². The summed E-state index contributed by atoms with van der Waals surface area (Å²) in [4.78, 5) is 11.5. The number of hydrogen-bond acceptors (Lipinski definition) is 1. The molecule has 3 fully saturated rings. The molecule has 3 rings (SSSR count). The number of Topliss-reactive ketones (excluding diaryl/α,β-unsaturated/α-hetero) is 1. The topological polar surface area (TPSA) is 17.1 Å². The Bertz CT molecular complexity index is 270. The lowest BCUT2D eigenvalue weighted by molar-refractivity contribution is -0.127. The average Bonchev–Trinajstić information content (AvgIpc) is 2.77. The lowest BCUT2D eigenvalue weighted by Gasteiger charge is -2.45. The molecule has 3 atom stereocenters. The zero-order chi connectivity index (χ0) is 9.10. The summed E-state index contributed by atoms with van der Waals surface area (Å²) in [5.41, 5.74) is 1.05. The highest BCUT2D eigenvalue weighted by Gasteiger charge is 2.66. The lowest BCUT2D eigenvalue weighted by atomic mass is 9.59. The van der Waals surface area contributed by atoms with Crippen LogP contribution in [0.25, 0.3) is 0 Å². The van der Waals surface area contributed by atoms with Crippen LogP contribution in [0.15, 0.2) is 0 Å². The van der Waals surface area contributed by atoms with Gasteiger partial charge in [-0.15, -0.1) is 0 Å². The first-order chi connectivity index (χ1) is 6.16. The summed E-state index contributed by atoms with van der Waals surface area (Å²) >= 11 is 0. The Morgan fingerprint density at radius 1 is 1.38 bits per heavy atom. The van der Waals surface area contributed by atoms with Crippen molar-refractivity contribution in [2.45, 2.75) is 51.9 Å².